The molecular formula is C15H20N4. The van der Waals surface area contributed by atoms with Gasteiger partial charge in [0.15, 0.2) is 0 Å². The number of hydrogen-bond donors (Lipinski definition) is 3. The highest BCUT2D eigenvalue weighted by atomic mass is 15.1. The lowest BCUT2D eigenvalue weighted by molar-refractivity contribution is 0.301. The zero-order chi connectivity index (χ0) is 12.9. The molecule has 1 aromatic carbocycles. The summed E-state index contributed by atoms with van der Waals surface area (Å²) in [6, 6.07) is 7.50. The molecule has 4 heteroatoms. The molecule has 0 saturated heterocycles. The van der Waals surface area contributed by atoms with Gasteiger partial charge in [0.05, 0.1) is 11.7 Å². The van der Waals surface area contributed by atoms with Crippen LogP contribution >= 0.6 is 0 Å². The van der Waals surface area contributed by atoms with Gasteiger partial charge < -0.3 is 11.1 Å². The van der Waals surface area contributed by atoms with Gasteiger partial charge in [-0.25, -0.2) is 0 Å². The molecule has 1 aromatic heterocycles. The fourth-order valence-electron chi connectivity index (χ4n) is 3.55. The minimum absolute atomic E-state index is 0.439. The molecule has 1 heterocycles. The van der Waals surface area contributed by atoms with Crippen molar-refractivity contribution in [2.24, 2.45) is 11.1 Å². The second-order valence-electron chi connectivity index (χ2n) is 6.27. The van der Waals surface area contributed by atoms with Crippen molar-refractivity contribution in [2.45, 2.75) is 44.2 Å². The second kappa shape index (κ2) is 3.97. The molecule has 4 nitrogen and oxygen atoms in total. The quantitative estimate of drug-likeness (QED) is 0.773. The number of hydrogen-bond acceptors (Lipinski definition) is 3. The molecule has 1 atom stereocenters. The fraction of sp³-hybridized carbons (Fsp3) is 0.533. The van der Waals surface area contributed by atoms with Gasteiger partial charge in [-0.05, 0) is 55.7 Å². The molecule has 2 aromatic rings. The van der Waals surface area contributed by atoms with E-state index < -0.39 is 0 Å². The highest BCUT2D eigenvalue weighted by molar-refractivity contribution is 5.81. The van der Waals surface area contributed by atoms with Gasteiger partial charge in [0.2, 0.25) is 0 Å². The Bertz CT molecular complexity index is 595. The fourth-order valence-corrected chi connectivity index (χ4v) is 3.55. The molecule has 19 heavy (non-hydrogen) atoms. The van der Waals surface area contributed by atoms with Crippen molar-refractivity contribution in [3.63, 3.8) is 0 Å². The van der Waals surface area contributed by atoms with Crippen molar-refractivity contribution in [1.29, 1.82) is 0 Å². The highest BCUT2D eigenvalue weighted by Crippen LogP contribution is 2.57. The van der Waals surface area contributed by atoms with E-state index >= 15 is 0 Å². The SMILES string of the molecule is NC1CCC2(CC1)CC2Nc1ccc2[nH]ncc2c1. The first-order valence-electron chi connectivity index (χ1n) is 7.20. The van der Waals surface area contributed by atoms with Crippen LogP contribution in [-0.2, 0) is 0 Å². The Kier molecular flexibility index (Phi) is 2.36. The molecule has 4 rings (SSSR count). The van der Waals surface area contributed by atoms with E-state index in [0.29, 0.717) is 17.5 Å². The normalized spacial score (nSPS) is 33.7. The van der Waals surface area contributed by atoms with E-state index in [0.717, 1.165) is 5.52 Å². The zero-order valence-corrected chi connectivity index (χ0v) is 11.0. The largest absolute Gasteiger partial charge is 0.382 e. The number of aromatic amines is 1. The summed E-state index contributed by atoms with van der Waals surface area (Å²) < 4.78 is 0. The van der Waals surface area contributed by atoms with Crippen molar-refractivity contribution >= 4 is 16.6 Å². The molecular weight excluding hydrogens is 236 g/mol. The van der Waals surface area contributed by atoms with Crippen LogP contribution in [0.25, 0.3) is 10.9 Å². The number of anilines is 1. The topological polar surface area (TPSA) is 66.7 Å². The van der Waals surface area contributed by atoms with E-state index in [1.807, 2.05) is 6.20 Å². The predicted molar refractivity (Wildman–Crippen MR) is 77.0 cm³/mol. The first kappa shape index (κ1) is 11.3. The van der Waals surface area contributed by atoms with Gasteiger partial charge in [-0.1, -0.05) is 0 Å². The Morgan fingerprint density at radius 1 is 1.32 bits per heavy atom. The highest BCUT2D eigenvalue weighted by Gasteiger charge is 2.54. The molecule has 0 radical (unpaired) electrons. The average molecular weight is 256 g/mol. The van der Waals surface area contributed by atoms with E-state index in [4.69, 9.17) is 5.73 Å². The van der Waals surface area contributed by atoms with Crippen LogP contribution in [0.4, 0.5) is 5.69 Å². The maximum Gasteiger partial charge on any atom is 0.0651 e. The van der Waals surface area contributed by atoms with Crippen LogP contribution in [0.2, 0.25) is 0 Å². The van der Waals surface area contributed by atoms with Gasteiger partial charge in [0.25, 0.3) is 0 Å². The molecule has 0 aliphatic heterocycles. The van der Waals surface area contributed by atoms with Crippen molar-refractivity contribution < 1.29 is 0 Å². The lowest BCUT2D eigenvalue weighted by Gasteiger charge is -2.27. The molecule has 0 bridgehead atoms. The first-order valence-corrected chi connectivity index (χ1v) is 7.20. The summed E-state index contributed by atoms with van der Waals surface area (Å²) in [5.74, 6) is 0. The van der Waals surface area contributed by atoms with Gasteiger partial charge in [0.1, 0.15) is 0 Å². The van der Waals surface area contributed by atoms with Crippen LogP contribution in [0.5, 0.6) is 0 Å². The molecule has 2 aliphatic carbocycles. The van der Waals surface area contributed by atoms with E-state index in [1.165, 1.54) is 43.2 Å². The third-order valence-electron chi connectivity index (χ3n) is 5.00. The number of H-pyrrole nitrogens is 1. The van der Waals surface area contributed by atoms with Crippen LogP contribution in [0.15, 0.2) is 24.4 Å². The third-order valence-corrected chi connectivity index (χ3v) is 5.00. The third kappa shape index (κ3) is 1.91. The first-order chi connectivity index (χ1) is 9.25. The molecule has 2 aliphatic rings. The van der Waals surface area contributed by atoms with Crippen molar-refractivity contribution in [2.75, 3.05) is 5.32 Å². The molecule has 1 spiro atoms. The van der Waals surface area contributed by atoms with Gasteiger partial charge in [0, 0.05) is 23.2 Å². The standard InChI is InChI=1S/C15H20N4/c16-11-3-5-15(6-4-11)8-14(15)18-12-1-2-13-10(7-12)9-17-19-13/h1-2,7,9,11,14,18H,3-6,8,16H2,(H,17,19). The average Bonchev–Trinajstić information content (AvgIpc) is 2.85. The summed E-state index contributed by atoms with van der Waals surface area (Å²) >= 11 is 0. The van der Waals surface area contributed by atoms with Crippen molar-refractivity contribution in [3.05, 3.63) is 24.4 Å². The molecule has 2 fully saturated rings. The van der Waals surface area contributed by atoms with Crippen LogP contribution in [-0.4, -0.2) is 22.3 Å². The van der Waals surface area contributed by atoms with Crippen molar-refractivity contribution in [1.82, 2.24) is 10.2 Å². The summed E-state index contributed by atoms with van der Waals surface area (Å²) in [7, 11) is 0. The summed E-state index contributed by atoms with van der Waals surface area (Å²) in [6.45, 7) is 0. The lowest BCUT2D eigenvalue weighted by Crippen LogP contribution is -2.29. The molecule has 1 unspecified atom stereocenters. The Morgan fingerprint density at radius 2 is 2.16 bits per heavy atom. The Hall–Kier alpha value is -1.55. The number of nitrogens with one attached hydrogen (secondary N) is 2. The number of fused-ring (bicyclic) bond motifs is 1. The summed E-state index contributed by atoms with van der Waals surface area (Å²) in [4.78, 5) is 0. The lowest BCUT2D eigenvalue weighted by atomic mass is 9.83. The van der Waals surface area contributed by atoms with E-state index in [1.54, 1.807) is 0 Å². The number of nitrogens with zero attached hydrogens (tertiary/aromatic N) is 1. The van der Waals surface area contributed by atoms with Gasteiger partial charge in [-0.15, -0.1) is 0 Å². The molecule has 2 saturated carbocycles. The Balaban J connectivity index is 1.48. The summed E-state index contributed by atoms with van der Waals surface area (Å²) in [5.41, 5.74) is 8.85. The van der Waals surface area contributed by atoms with Crippen LogP contribution in [0.3, 0.4) is 0 Å². The van der Waals surface area contributed by atoms with Gasteiger partial charge in [-0.3, -0.25) is 5.10 Å². The maximum absolute atomic E-state index is 6.00. The smallest absolute Gasteiger partial charge is 0.0651 e. The van der Waals surface area contributed by atoms with Gasteiger partial charge >= 0.3 is 0 Å². The Labute approximate surface area is 112 Å². The molecule has 0 amide bonds. The van der Waals surface area contributed by atoms with E-state index in [9.17, 15) is 0 Å². The van der Waals surface area contributed by atoms with Crippen LogP contribution in [0, 0.1) is 5.41 Å². The Morgan fingerprint density at radius 3 is 3.00 bits per heavy atom. The van der Waals surface area contributed by atoms with Gasteiger partial charge in [-0.2, -0.15) is 5.10 Å². The number of aromatic nitrogens is 2. The molecule has 4 N–H and O–H groups in total. The maximum atomic E-state index is 6.00. The number of benzene rings is 1. The van der Waals surface area contributed by atoms with E-state index in [2.05, 4.69) is 33.7 Å². The molecule has 100 valence electrons. The minimum atomic E-state index is 0.439. The second-order valence-corrected chi connectivity index (χ2v) is 6.27. The monoisotopic (exact) mass is 256 g/mol. The summed E-state index contributed by atoms with van der Waals surface area (Å²) in [6.07, 6.45) is 8.16. The minimum Gasteiger partial charge on any atom is -0.382 e. The van der Waals surface area contributed by atoms with Crippen molar-refractivity contribution in [3.8, 4) is 0 Å². The number of nitrogens with two attached hydrogens (primary N) is 1. The van der Waals surface area contributed by atoms with E-state index in [-0.39, 0.29) is 0 Å². The predicted octanol–water partition coefficient (Wildman–Crippen LogP) is 2.63. The zero-order valence-electron chi connectivity index (χ0n) is 11.0. The number of rotatable bonds is 2. The summed E-state index contributed by atoms with van der Waals surface area (Å²) in [5, 5.41) is 11.9. The van der Waals surface area contributed by atoms with Crippen LogP contribution < -0.4 is 11.1 Å². The van der Waals surface area contributed by atoms with Crippen LogP contribution in [0.1, 0.15) is 32.1 Å².